The molecule has 0 amide bonds. The molecule has 5 heteroatoms. The van der Waals surface area contributed by atoms with Crippen molar-refractivity contribution in [1.82, 2.24) is 19.7 Å². The van der Waals surface area contributed by atoms with Crippen molar-refractivity contribution in [1.29, 1.82) is 0 Å². The number of rotatable bonds is 2. The fourth-order valence-electron chi connectivity index (χ4n) is 1.72. The van der Waals surface area contributed by atoms with Crippen LogP contribution in [0.4, 0.5) is 0 Å². The third-order valence-electron chi connectivity index (χ3n) is 2.53. The predicted molar refractivity (Wildman–Crippen MR) is 72.3 cm³/mol. The SMILES string of the molecule is Brc1cccc(-c2nncn2-c2ccccc2)n1. The molecule has 0 atom stereocenters. The van der Waals surface area contributed by atoms with E-state index in [1.807, 2.05) is 53.1 Å². The molecule has 0 unspecified atom stereocenters. The fraction of sp³-hybridized carbons (Fsp3) is 0. The summed E-state index contributed by atoms with van der Waals surface area (Å²) in [7, 11) is 0. The highest BCUT2D eigenvalue weighted by atomic mass is 79.9. The van der Waals surface area contributed by atoms with Gasteiger partial charge in [0.1, 0.15) is 16.6 Å². The molecule has 2 aromatic heterocycles. The fourth-order valence-corrected chi connectivity index (χ4v) is 2.06. The molecular formula is C13H9BrN4. The minimum absolute atomic E-state index is 0.725. The highest BCUT2D eigenvalue weighted by Crippen LogP contribution is 2.20. The molecule has 0 spiro atoms. The summed E-state index contributed by atoms with van der Waals surface area (Å²) in [6.45, 7) is 0. The number of nitrogens with zero attached hydrogens (tertiary/aromatic N) is 4. The van der Waals surface area contributed by atoms with Crippen LogP contribution in [0.25, 0.3) is 17.2 Å². The summed E-state index contributed by atoms with van der Waals surface area (Å²) >= 11 is 3.36. The predicted octanol–water partition coefficient (Wildman–Crippen LogP) is 3.09. The zero-order valence-electron chi connectivity index (χ0n) is 9.36. The summed E-state index contributed by atoms with van der Waals surface area (Å²) in [5.41, 5.74) is 1.80. The first-order chi connectivity index (χ1) is 8.84. The van der Waals surface area contributed by atoms with E-state index < -0.39 is 0 Å². The number of pyridine rings is 1. The maximum atomic E-state index is 4.40. The van der Waals surface area contributed by atoms with E-state index in [-0.39, 0.29) is 0 Å². The maximum absolute atomic E-state index is 4.40. The van der Waals surface area contributed by atoms with Gasteiger partial charge in [-0.1, -0.05) is 24.3 Å². The van der Waals surface area contributed by atoms with E-state index in [9.17, 15) is 0 Å². The first kappa shape index (κ1) is 11.1. The lowest BCUT2D eigenvalue weighted by atomic mass is 10.3. The summed E-state index contributed by atoms with van der Waals surface area (Å²) in [5, 5.41) is 8.10. The van der Waals surface area contributed by atoms with E-state index in [1.165, 1.54) is 0 Å². The molecule has 0 aliphatic rings. The zero-order chi connectivity index (χ0) is 12.4. The Kier molecular flexibility index (Phi) is 2.90. The molecule has 0 fully saturated rings. The molecule has 0 N–H and O–H groups in total. The van der Waals surface area contributed by atoms with Crippen LogP contribution >= 0.6 is 15.9 Å². The third kappa shape index (κ3) is 2.04. The summed E-state index contributed by atoms with van der Waals surface area (Å²) in [5.74, 6) is 0.725. The highest BCUT2D eigenvalue weighted by Gasteiger charge is 2.09. The quantitative estimate of drug-likeness (QED) is 0.683. The standard InChI is InChI=1S/C13H9BrN4/c14-12-8-4-7-11(16-12)13-17-15-9-18(13)10-5-2-1-3-6-10/h1-9H. The van der Waals surface area contributed by atoms with Crippen LogP contribution in [0.15, 0.2) is 59.5 Å². The minimum Gasteiger partial charge on any atom is -0.280 e. The normalized spacial score (nSPS) is 10.5. The maximum Gasteiger partial charge on any atom is 0.187 e. The van der Waals surface area contributed by atoms with E-state index >= 15 is 0 Å². The van der Waals surface area contributed by atoms with Crippen LogP contribution in [-0.2, 0) is 0 Å². The second kappa shape index (κ2) is 4.70. The number of hydrogen-bond donors (Lipinski definition) is 0. The number of benzene rings is 1. The van der Waals surface area contributed by atoms with Crippen molar-refractivity contribution in [3.05, 3.63) is 59.5 Å². The summed E-state index contributed by atoms with van der Waals surface area (Å²) in [6, 6.07) is 15.7. The van der Waals surface area contributed by atoms with Gasteiger partial charge in [0.05, 0.1) is 0 Å². The van der Waals surface area contributed by atoms with E-state index in [4.69, 9.17) is 0 Å². The molecule has 1 aromatic carbocycles. The van der Waals surface area contributed by atoms with E-state index in [1.54, 1.807) is 6.33 Å². The van der Waals surface area contributed by atoms with Gasteiger partial charge in [0.25, 0.3) is 0 Å². The summed E-state index contributed by atoms with van der Waals surface area (Å²) in [4.78, 5) is 4.40. The Bertz CT molecular complexity index is 664. The summed E-state index contributed by atoms with van der Waals surface area (Å²) in [6.07, 6.45) is 1.69. The van der Waals surface area contributed by atoms with E-state index in [0.29, 0.717) is 0 Å². The molecule has 0 saturated carbocycles. The Balaban J connectivity index is 2.13. The van der Waals surface area contributed by atoms with Crippen molar-refractivity contribution >= 4 is 15.9 Å². The van der Waals surface area contributed by atoms with Crippen LogP contribution in [0, 0.1) is 0 Å². The van der Waals surface area contributed by atoms with E-state index in [0.717, 1.165) is 21.8 Å². The molecular weight excluding hydrogens is 292 g/mol. The van der Waals surface area contributed by atoms with Crippen LogP contribution in [-0.4, -0.2) is 19.7 Å². The first-order valence-corrected chi connectivity index (χ1v) is 6.22. The van der Waals surface area contributed by atoms with Gasteiger partial charge in [0.15, 0.2) is 5.82 Å². The van der Waals surface area contributed by atoms with Gasteiger partial charge in [0, 0.05) is 5.69 Å². The van der Waals surface area contributed by atoms with Crippen molar-refractivity contribution in [2.45, 2.75) is 0 Å². The third-order valence-corrected chi connectivity index (χ3v) is 2.97. The average molecular weight is 301 g/mol. The van der Waals surface area contributed by atoms with Gasteiger partial charge in [-0.05, 0) is 40.2 Å². The van der Waals surface area contributed by atoms with Gasteiger partial charge in [-0.3, -0.25) is 4.57 Å². The van der Waals surface area contributed by atoms with Crippen LogP contribution in [0.2, 0.25) is 0 Å². The lowest BCUT2D eigenvalue weighted by molar-refractivity contribution is 1.05. The number of para-hydroxylation sites is 1. The molecule has 2 heterocycles. The molecule has 0 saturated heterocycles. The van der Waals surface area contributed by atoms with Crippen molar-refractivity contribution in [3.63, 3.8) is 0 Å². The van der Waals surface area contributed by atoms with Crippen molar-refractivity contribution < 1.29 is 0 Å². The molecule has 0 radical (unpaired) electrons. The van der Waals surface area contributed by atoms with Gasteiger partial charge in [0.2, 0.25) is 0 Å². The summed E-state index contributed by atoms with van der Waals surface area (Å²) < 4.78 is 2.69. The molecule has 88 valence electrons. The Labute approximate surface area is 112 Å². The molecule has 0 bridgehead atoms. The molecule has 4 nitrogen and oxygen atoms in total. The Morgan fingerprint density at radius 1 is 0.944 bits per heavy atom. The van der Waals surface area contributed by atoms with Crippen LogP contribution in [0.3, 0.4) is 0 Å². The monoisotopic (exact) mass is 300 g/mol. The minimum atomic E-state index is 0.725. The van der Waals surface area contributed by atoms with E-state index in [2.05, 4.69) is 31.1 Å². The lowest BCUT2D eigenvalue weighted by Crippen LogP contribution is -1.97. The Morgan fingerprint density at radius 2 is 1.78 bits per heavy atom. The number of hydrogen-bond acceptors (Lipinski definition) is 3. The van der Waals surface area contributed by atoms with Crippen molar-refractivity contribution in [2.75, 3.05) is 0 Å². The Hall–Kier alpha value is -2.01. The lowest BCUT2D eigenvalue weighted by Gasteiger charge is -2.05. The molecule has 18 heavy (non-hydrogen) atoms. The highest BCUT2D eigenvalue weighted by molar-refractivity contribution is 9.10. The first-order valence-electron chi connectivity index (χ1n) is 5.43. The van der Waals surface area contributed by atoms with Gasteiger partial charge in [-0.2, -0.15) is 0 Å². The van der Waals surface area contributed by atoms with Crippen LogP contribution in [0.5, 0.6) is 0 Å². The van der Waals surface area contributed by atoms with Gasteiger partial charge >= 0.3 is 0 Å². The van der Waals surface area contributed by atoms with Gasteiger partial charge in [-0.25, -0.2) is 4.98 Å². The van der Waals surface area contributed by atoms with Crippen molar-refractivity contribution in [3.8, 4) is 17.2 Å². The number of halogens is 1. The van der Waals surface area contributed by atoms with Gasteiger partial charge < -0.3 is 0 Å². The molecule has 0 aliphatic heterocycles. The Morgan fingerprint density at radius 3 is 2.56 bits per heavy atom. The second-order valence-corrected chi connectivity index (χ2v) is 4.52. The van der Waals surface area contributed by atoms with Gasteiger partial charge in [-0.15, -0.1) is 10.2 Å². The topological polar surface area (TPSA) is 43.6 Å². The molecule has 3 aromatic rings. The molecule has 3 rings (SSSR count). The molecule has 0 aliphatic carbocycles. The smallest absolute Gasteiger partial charge is 0.187 e. The second-order valence-electron chi connectivity index (χ2n) is 3.71. The zero-order valence-corrected chi connectivity index (χ0v) is 10.9. The number of aromatic nitrogens is 4. The average Bonchev–Trinajstić information content (AvgIpc) is 2.89. The van der Waals surface area contributed by atoms with Crippen molar-refractivity contribution in [2.24, 2.45) is 0 Å². The van der Waals surface area contributed by atoms with Crippen LogP contribution in [0.1, 0.15) is 0 Å². The largest absolute Gasteiger partial charge is 0.280 e. The van der Waals surface area contributed by atoms with Crippen LogP contribution < -0.4 is 0 Å².